The van der Waals surface area contributed by atoms with Crippen molar-refractivity contribution in [3.8, 4) is 0 Å². The van der Waals surface area contributed by atoms with E-state index < -0.39 is 0 Å². The van der Waals surface area contributed by atoms with E-state index in [2.05, 4.69) is 25.9 Å². The molecular formula is C11H21BrN4O. The summed E-state index contributed by atoms with van der Waals surface area (Å²) < 4.78 is 7.99. The Balaban J connectivity index is 2.71. The highest BCUT2D eigenvalue weighted by molar-refractivity contribution is 9.10. The van der Waals surface area contributed by atoms with Gasteiger partial charge in [-0.1, -0.05) is 0 Å². The molecule has 0 aliphatic carbocycles. The van der Waals surface area contributed by atoms with Gasteiger partial charge in [0.05, 0.1) is 29.0 Å². The lowest BCUT2D eigenvalue weighted by atomic mass is 10.1. The number of hydrogen-bond acceptors (Lipinski definition) is 4. The number of aromatic nitrogens is 2. The van der Waals surface area contributed by atoms with Gasteiger partial charge in [-0.25, -0.2) is 0 Å². The van der Waals surface area contributed by atoms with E-state index in [1.165, 1.54) is 0 Å². The molecule has 0 aliphatic heterocycles. The van der Waals surface area contributed by atoms with Crippen LogP contribution in [0, 0.1) is 0 Å². The Morgan fingerprint density at radius 1 is 1.59 bits per heavy atom. The third-order valence-corrected chi connectivity index (χ3v) is 3.19. The Kier molecular flexibility index (Phi) is 6.11. The number of likely N-dealkylation sites (N-methyl/N-ethyl adjacent to an activating group) is 1. The van der Waals surface area contributed by atoms with Gasteiger partial charge in [0.15, 0.2) is 0 Å². The number of methoxy groups -OCH3 is 1. The Bertz CT molecular complexity index is 340. The SMILES string of the molecule is COCCC(N)c1c(Br)cnn1CCN(C)C. The van der Waals surface area contributed by atoms with E-state index in [-0.39, 0.29) is 6.04 Å². The Morgan fingerprint density at radius 2 is 2.29 bits per heavy atom. The van der Waals surface area contributed by atoms with Crippen LogP contribution in [-0.2, 0) is 11.3 Å². The van der Waals surface area contributed by atoms with Crippen LogP contribution >= 0.6 is 15.9 Å². The van der Waals surface area contributed by atoms with E-state index in [9.17, 15) is 0 Å². The van der Waals surface area contributed by atoms with E-state index >= 15 is 0 Å². The highest BCUT2D eigenvalue weighted by Gasteiger charge is 2.16. The summed E-state index contributed by atoms with van der Waals surface area (Å²) in [6.07, 6.45) is 2.60. The maximum absolute atomic E-state index is 6.15. The Hall–Kier alpha value is -0.430. The molecule has 1 unspecified atom stereocenters. The highest BCUT2D eigenvalue weighted by atomic mass is 79.9. The van der Waals surface area contributed by atoms with Crippen LogP contribution in [0.5, 0.6) is 0 Å². The quantitative estimate of drug-likeness (QED) is 0.823. The summed E-state index contributed by atoms with van der Waals surface area (Å²) in [6.45, 7) is 2.44. The summed E-state index contributed by atoms with van der Waals surface area (Å²) in [5, 5.41) is 4.34. The fourth-order valence-electron chi connectivity index (χ4n) is 1.59. The van der Waals surface area contributed by atoms with Crippen molar-refractivity contribution in [1.82, 2.24) is 14.7 Å². The third-order valence-electron chi connectivity index (χ3n) is 2.58. The summed E-state index contributed by atoms with van der Waals surface area (Å²) in [6, 6.07) is -0.0472. The van der Waals surface area contributed by atoms with Gasteiger partial charge in [0.25, 0.3) is 0 Å². The monoisotopic (exact) mass is 304 g/mol. The Morgan fingerprint density at radius 3 is 2.88 bits per heavy atom. The van der Waals surface area contributed by atoms with Crippen molar-refractivity contribution in [3.63, 3.8) is 0 Å². The van der Waals surface area contributed by atoms with Crippen molar-refractivity contribution in [3.05, 3.63) is 16.4 Å². The van der Waals surface area contributed by atoms with Gasteiger partial charge in [-0.15, -0.1) is 0 Å². The minimum atomic E-state index is -0.0472. The molecule has 98 valence electrons. The van der Waals surface area contributed by atoms with Crippen LogP contribution in [0.1, 0.15) is 18.2 Å². The van der Waals surface area contributed by atoms with Crippen molar-refractivity contribution < 1.29 is 4.74 Å². The maximum atomic E-state index is 6.15. The van der Waals surface area contributed by atoms with E-state index in [0.717, 1.165) is 29.7 Å². The predicted molar refractivity (Wildman–Crippen MR) is 71.9 cm³/mol. The molecular weight excluding hydrogens is 284 g/mol. The molecule has 17 heavy (non-hydrogen) atoms. The summed E-state index contributed by atoms with van der Waals surface area (Å²) in [7, 11) is 5.78. The molecule has 1 aromatic heterocycles. The fraction of sp³-hybridized carbons (Fsp3) is 0.727. The lowest BCUT2D eigenvalue weighted by molar-refractivity contribution is 0.186. The van der Waals surface area contributed by atoms with E-state index in [1.807, 2.05) is 18.8 Å². The number of nitrogens with two attached hydrogens (primary N) is 1. The van der Waals surface area contributed by atoms with Crippen molar-refractivity contribution in [2.45, 2.75) is 19.0 Å². The molecule has 6 heteroatoms. The molecule has 0 aromatic carbocycles. The second-order valence-corrected chi connectivity index (χ2v) is 5.15. The van der Waals surface area contributed by atoms with Crippen molar-refractivity contribution in [2.24, 2.45) is 5.73 Å². The van der Waals surface area contributed by atoms with Crippen LogP contribution in [0.3, 0.4) is 0 Å². The Labute approximate surface area is 111 Å². The average molecular weight is 305 g/mol. The van der Waals surface area contributed by atoms with Crippen LogP contribution < -0.4 is 5.73 Å². The van der Waals surface area contributed by atoms with Crippen LogP contribution in [0.2, 0.25) is 0 Å². The summed E-state index contributed by atoms with van der Waals surface area (Å²) >= 11 is 3.50. The molecule has 1 atom stereocenters. The van der Waals surface area contributed by atoms with Gasteiger partial charge in [-0.05, 0) is 36.4 Å². The number of hydrogen-bond donors (Lipinski definition) is 1. The van der Waals surface area contributed by atoms with Crippen LogP contribution in [0.15, 0.2) is 10.7 Å². The van der Waals surface area contributed by atoms with Gasteiger partial charge in [0.2, 0.25) is 0 Å². The molecule has 0 bridgehead atoms. The second-order valence-electron chi connectivity index (χ2n) is 4.29. The van der Waals surface area contributed by atoms with Crippen molar-refractivity contribution in [2.75, 3.05) is 34.4 Å². The summed E-state index contributed by atoms with van der Waals surface area (Å²) in [5.41, 5.74) is 7.19. The fourth-order valence-corrected chi connectivity index (χ4v) is 2.19. The molecule has 0 saturated heterocycles. The molecule has 0 amide bonds. The normalized spacial score (nSPS) is 13.3. The van der Waals surface area contributed by atoms with Crippen LogP contribution in [-0.4, -0.2) is 49.0 Å². The summed E-state index contributed by atoms with van der Waals surface area (Å²) in [4.78, 5) is 2.13. The first kappa shape index (κ1) is 14.6. The molecule has 0 aliphatic rings. The first-order chi connectivity index (χ1) is 8.06. The maximum Gasteiger partial charge on any atom is 0.0694 e. The zero-order valence-corrected chi connectivity index (χ0v) is 12.3. The lowest BCUT2D eigenvalue weighted by Gasteiger charge is -2.16. The van der Waals surface area contributed by atoms with E-state index in [0.29, 0.717) is 6.61 Å². The van der Waals surface area contributed by atoms with Gasteiger partial charge < -0.3 is 15.4 Å². The van der Waals surface area contributed by atoms with Gasteiger partial charge in [-0.2, -0.15) is 5.10 Å². The average Bonchev–Trinajstić information content (AvgIpc) is 2.64. The van der Waals surface area contributed by atoms with E-state index in [4.69, 9.17) is 10.5 Å². The standard InChI is InChI=1S/C11H21BrN4O/c1-15(2)5-6-16-11(9(12)8-14-16)10(13)4-7-17-3/h8,10H,4-7,13H2,1-3H3. The molecule has 2 N–H and O–H groups in total. The number of rotatable bonds is 7. The molecule has 1 aromatic rings. The van der Waals surface area contributed by atoms with Gasteiger partial charge in [0, 0.05) is 20.3 Å². The first-order valence-corrected chi connectivity index (χ1v) is 6.46. The topological polar surface area (TPSA) is 56.3 Å². The first-order valence-electron chi connectivity index (χ1n) is 5.66. The number of ether oxygens (including phenoxy) is 1. The zero-order valence-electron chi connectivity index (χ0n) is 10.7. The molecule has 5 nitrogen and oxygen atoms in total. The molecule has 0 radical (unpaired) electrons. The van der Waals surface area contributed by atoms with Crippen molar-refractivity contribution >= 4 is 15.9 Å². The van der Waals surface area contributed by atoms with Gasteiger partial charge in [-0.3, -0.25) is 4.68 Å². The second kappa shape index (κ2) is 7.10. The van der Waals surface area contributed by atoms with Crippen LogP contribution in [0.25, 0.3) is 0 Å². The minimum absolute atomic E-state index is 0.0472. The smallest absolute Gasteiger partial charge is 0.0694 e. The van der Waals surface area contributed by atoms with E-state index in [1.54, 1.807) is 13.3 Å². The summed E-state index contributed by atoms with van der Waals surface area (Å²) in [5.74, 6) is 0. The number of halogens is 1. The molecule has 1 heterocycles. The molecule has 0 fully saturated rings. The molecule has 0 spiro atoms. The third kappa shape index (κ3) is 4.39. The minimum Gasteiger partial charge on any atom is -0.385 e. The highest BCUT2D eigenvalue weighted by Crippen LogP contribution is 2.23. The zero-order chi connectivity index (χ0) is 12.8. The molecule has 1 rings (SSSR count). The predicted octanol–water partition coefficient (Wildman–Crippen LogP) is 1.24. The molecule has 0 saturated carbocycles. The van der Waals surface area contributed by atoms with Gasteiger partial charge >= 0.3 is 0 Å². The number of nitrogens with zero attached hydrogens (tertiary/aromatic N) is 3. The van der Waals surface area contributed by atoms with Crippen LogP contribution in [0.4, 0.5) is 0 Å². The lowest BCUT2D eigenvalue weighted by Crippen LogP contribution is -2.23. The van der Waals surface area contributed by atoms with Crippen molar-refractivity contribution in [1.29, 1.82) is 0 Å². The van der Waals surface area contributed by atoms with Gasteiger partial charge in [0.1, 0.15) is 0 Å². The largest absolute Gasteiger partial charge is 0.385 e.